The summed E-state index contributed by atoms with van der Waals surface area (Å²) in [5.41, 5.74) is 2.07. The number of amides is 3. The number of ether oxygens (including phenoxy) is 1. The van der Waals surface area contributed by atoms with Crippen molar-refractivity contribution in [3.63, 3.8) is 0 Å². The van der Waals surface area contributed by atoms with Crippen LogP contribution in [0.4, 0.5) is 14.9 Å². The van der Waals surface area contributed by atoms with E-state index in [1.165, 1.54) is 29.2 Å². The summed E-state index contributed by atoms with van der Waals surface area (Å²) in [6.45, 7) is 4.85. The predicted octanol–water partition coefficient (Wildman–Crippen LogP) is 5.66. The normalized spacial score (nSPS) is 16.9. The van der Waals surface area contributed by atoms with Crippen molar-refractivity contribution in [3.8, 4) is 0 Å². The number of likely N-dealkylation sites (N-methyl/N-ethyl adjacent to an activating group) is 1. The van der Waals surface area contributed by atoms with Gasteiger partial charge in [-0.3, -0.25) is 14.5 Å². The minimum absolute atomic E-state index is 0.147. The molecular formula is C28H27ClFN3O4. The molecule has 3 aromatic rings. The lowest BCUT2D eigenvalue weighted by atomic mass is 9.99. The second-order valence-electron chi connectivity index (χ2n) is 8.60. The average Bonchev–Trinajstić information content (AvgIpc) is 3.21. The Morgan fingerprint density at radius 3 is 2.41 bits per heavy atom. The molecule has 0 aliphatic carbocycles. The molecule has 1 heterocycles. The van der Waals surface area contributed by atoms with Crippen molar-refractivity contribution in [2.75, 3.05) is 18.4 Å². The summed E-state index contributed by atoms with van der Waals surface area (Å²) in [4.78, 5) is 42.4. The summed E-state index contributed by atoms with van der Waals surface area (Å²) in [6.07, 6.45) is -1.50. The molecule has 2 unspecified atom stereocenters. The maximum atomic E-state index is 13.6. The van der Waals surface area contributed by atoms with Crippen LogP contribution in [0.15, 0.2) is 72.8 Å². The van der Waals surface area contributed by atoms with Crippen LogP contribution in [0, 0.1) is 5.82 Å². The molecule has 0 aromatic heterocycles. The molecule has 0 spiro atoms. The third-order valence-corrected chi connectivity index (χ3v) is 6.47. The Hall–Kier alpha value is -3.91. The van der Waals surface area contributed by atoms with Crippen molar-refractivity contribution in [2.24, 2.45) is 0 Å². The van der Waals surface area contributed by atoms with Gasteiger partial charge in [0.05, 0.1) is 6.54 Å². The highest BCUT2D eigenvalue weighted by atomic mass is 35.5. The predicted molar refractivity (Wildman–Crippen MR) is 139 cm³/mol. The Morgan fingerprint density at radius 1 is 1.03 bits per heavy atom. The summed E-state index contributed by atoms with van der Waals surface area (Å²) < 4.78 is 19.0. The summed E-state index contributed by atoms with van der Waals surface area (Å²) in [7, 11) is 0. The van der Waals surface area contributed by atoms with Crippen LogP contribution in [0.25, 0.3) is 0 Å². The highest BCUT2D eigenvalue weighted by molar-refractivity contribution is 6.30. The molecule has 0 saturated carbocycles. The second-order valence-corrected chi connectivity index (χ2v) is 9.04. The number of halogens is 2. The van der Waals surface area contributed by atoms with E-state index in [1.807, 2.05) is 19.9 Å². The van der Waals surface area contributed by atoms with Gasteiger partial charge in [-0.05, 0) is 73.5 Å². The Balaban J connectivity index is 1.63. The van der Waals surface area contributed by atoms with E-state index in [-0.39, 0.29) is 12.5 Å². The number of cyclic esters (lactones) is 1. The van der Waals surface area contributed by atoms with Crippen molar-refractivity contribution >= 4 is 35.2 Å². The standard InChI is InChI=1S/C28H27ClFN3O4/c1-3-32(4-2)27(35)24-25(37-28(36)33(24)17-18-7-5-9-21(29)15-18)20-8-6-10-23(16-20)31-26(34)19-11-13-22(30)14-12-19/h5-16,24-25H,3-4,17H2,1-2H3,(H,31,34). The molecule has 0 radical (unpaired) electrons. The largest absolute Gasteiger partial charge is 0.438 e. The Bertz CT molecular complexity index is 1300. The zero-order chi connectivity index (χ0) is 26.5. The molecule has 7 nitrogen and oxygen atoms in total. The summed E-state index contributed by atoms with van der Waals surface area (Å²) >= 11 is 6.13. The molecule has 37 heavy (non-hydrogen) atoms. The lowest BCUT2D eigenvalue weighted by molar-refractivity contribution is -0.136. The minimum Gasteiger partial charge on any atom is -0.438 e. The third kappa shape index (κ3) is 5.91. The molecule has 1 aliphatic heterocycles. The van der Waals surface area contributed by atoms with Crippen molar-refractivity contribution in [1.29, 1.82) is 0 Å². The van der Waals surface area contributed by atoms with E-state index in [0.717, 1.165) is 5.56 Å². The average molecular weight is 524 g/mol. The Morgan fingerprint density at radius 2 is 1.73 bits per heavy atom. The molecule has 9 heteroatoms. The zero-order valence-corrected chi connectivity index (χ0v) is 21.2. The first-order chi connectivity index (χ1) is 17.8. The lowest BCUT2D eigenvalue weighted by Crippen LogP contribution is -2.48. The van der Waals surface area contributed by atoms with Crippen LogP contribution in [0.3, 0.4) is 0 Å². The van der Waals surface area contributed by atoms with Gasteiger partial charge in [0.15, 0.2) is 12.1 Å². The lowest BCUT2D eigenvalue weighted by Gasteiger charge is -2.29. The van der Waals surface area contributed by atoms with Crippen LogP contribution in [-0.4, -0.2) is 46.8 Å². The molecule has 1 aliphatic rings. The van der Waals surface area contributed by atoms with Gasteiger partial charge in [0.1, 0.15) is 5.82 Å². The van der Waals surface area contributed by atoms with E-state index in [4.69, 9.17) is 16.3 Å². The first-order valence-electron chi connectivity index (χ1n) is 12.0. The molecule has 1 N–H and O–H groups in total. The Labute approximate surface area is 219 Å². The first-order valence-corrected chi connectivity index (χ1v) is 12.4. The van der Waals surface area contributed by atoms with Gasteiger partial charge >= 0.3 is 6.09 Å². The number of hydrogen-bond donors (Lipinski definition) is 1. The van der Waals surface area contributed by atoms with Gasteiger partial charge in [-0.25, -0.2) is 9.18 Å². The number of rotatable bonds is 8. The molecule has 2 atom stereocenters. The van der Waals surface area contributed by atoms with Gasteiger partial charge in [0.25, 0.3) is 5.91 Å². The fourth-order valence-corrected chi connectivity index (χ4v) is 4.56. The van der Waals surface area contributed by atoms with Crippen LogP contribution in [0.5, 0.6) is 0 Å². The van der Waals surface area contributed by atoms with Gasteiger partial charge in [0, 0.05) is 29.4 Å². The minimum atomic E-state index is -0.908. The number of nitrogens with one attached hydrogen (secondary N) is 1. The molecule has 1 saturated heterocycles. The summed E-state index contributed by atoms with van der Waals surface area (Å²) in [5, 5.41) is 3.30. The van der Waals surface area contributed by atoms with Gasteiger partial charge < -0.3 is 15.0 Å². The van der Waals surface area contributed by atoms with E-state index >= 15 is 0 Å². The van der Waals surface area contributed by atoms with Gasteiger partial charge in [-0.15, -0.1) is 0 Å². The molecule has 0 bridgehead atoms. The number of benzene rings is 3. The fourth-order valence-electron chi connectivity index (χ4n) is 4.35. The van der Waals surface area contributed by atoms with E-state index in [1.54, 1.807) is 47.4 Å². The smallest absolute Gasteiger partial charge is 0.411 e. The number of hydrogen-bond acceptors (Lipinski definition) is 4. The molecule has 3 aromatic carbocycles. The molecular weight excluding hydrogens is 497 g/mol. The third-order valence-electron chi connectivity index (χ3n) is 6.23. The number of carbonyl (C=O) groups is 3. The first kappa shape index (κ1) is 26.2. The quantitative estimate of drug-likeness (QED) is 0.413. The monoisotopic (exact) mass is 523 g/mol. The van der Waals surface area contributed by atoms with Crippen molar-refractivity contribution < 1.29 is 23.5 Å². The maximum absolute atomic E-state index is 13.6. The van der Waals surface area contributed by atoms with Crippen LogP contribution in [0.2, 0.25) is 5.02 Å². The van der Waals surface area contributed by atoms with Gasteiger partial charge in [-0.1, -0.05) is 35.9 Å². The highest BCUT2D eigenvalue weighted by Gasteiger charge is 2.48. The summed E-state index contributed by atoms with van der Waals surface area (Å²) in [6, 6.07) is 18.2. The Kier molecular flexibility index (Phi) is 8.08. The summed E-state index contributed by atoms with van der Waals surface area (Å²) in [5.74, 6) is -1.09. The maximum Gasteiger partial charge on any atom is 0.411 e. The van der Waals surface area contributed by atoms with E-state index in [9.17, 15) is 18.8 Å². The van der Waals surface area contributed by atoms with Crippen molar-refractivity contribution in [1.82, 2.24) is 9.80 Å². The van der Waals surface area contributed by atoms with Crippen LogP contribution < -0.4 is 5.32 Å². The fraction of sp³-hybridized carbons (Fsp3) is 0.250. The molecule has 192 valence electrons. The van der Waals surface area contributed by atoms with E-state index < -0.39 is 30.0 Å². The SMILES string of the molecule is CCN(CC)C(=O)C1C(c2cccc(NC(=O)c3ccc(F)cc3)c2)OC(=O)N1Cc1cccc(Cl)c1. The topological polar surface area (TPSA) is 79.0 Å². The number of anilines is 1. The van der Waals surface area contributed by atoms with E-state index in [0.29, 0.717) is 34.9 Å². The van der Waals surface area contributed by atoms with Crippen LogP contribution in [-0.2, 0) is 16.1 Å². The van der Waals surface area contributed by atoms with Crippen LogP contribution in [0.1, 0.15) is 41.4 Å². The molecule has 1 fully saturated rings. The van der Waals surface area contributed by atoms with Gasteiger partial charge in [0.2, 0.25) is 5.91 Å². The van der Waals surface area contributed by atoms with E-state index in [2.05, 4.69) is 5.32 Å². The highest BCUT2D eigenvalue weighted by Crippen LogP contribution is 2.36. The molecule has 3 amide bonds. The number of carbonyl (C=O) groups excluding carboxylic acids is 3. The van der Waals surface area contributed by atoms with Crippen LogP contribution >= 0.6 is 11.6 Å². The second kappa shape index (κ2) is 11.4. The van der Waals surface area contributed by atoms with Gasteiger partial charge in [-0.2, -0.15) is 0 Å². The number of nitrogens with zero attached hydrogens (tertiary/aromatic N) is 2. The van der Waals surface area contributed by atoms with Crippen molar-refractivity contribution in [3.05, 3.63) is 100 Å². The van der Waals surface area contributed by atoms with Crippen molar-refractivity contribution in [2.45, 2.75) is 32.5 Å². The zero-order valence-electron chi connectivity index (χ0n) is 20.5. The molecule has 4 rings (SSSR count).